The van der Waals surface area contributed by atoms with E-state index in [0.717, 1.165) is 28.1 Å². The first-order chi connectivity index (χ1) is 8.47. The van der Waals surface area contributed by atoms with Crippen LogP contribution in [0.5, 0.6) is 0 Å². The molecule has 4 heteroatoms. The van der Waals surface area contributed by atoms with E-state index in [2.05, 4.69) is 52.1 Å². The average molecular weight is 332 g/mol. The van der Waals surface area contributed by atoms with Gasteiger partial charge in [0.15, 0.2) is 0 Å². The molecule has 1 aromatic carbocycles. The van der Waals surface area contributed by atoms with Gasteiger partial charge in [0, 0.05) is 34.7 Å². The summed E-state index contributed by atoms with van der Waals surface area (Å²) in [6.07, 6.45) is 1.19. The lowest BCUT2D eigenvalue weighted by molar-refractivity contribution is 0.492. The predicted octanol–water partition coefficient (Wildman–Crippen LogP) is 3.99. The molecule has 0 bridgehead atoms. The first-order valence-electron chi connectivity index (χ1n) is 6.44. The van der Waals surface area contributed by atoms with E-state index in [1.165, 1.54) is 12.1 Å². The molecular formula is C14H20BrClN2. The molecule has 18 heavy (non-hydrogen) atoms. The van der Waals surface area contributed by atoms with Gasteiger partial charge >= 0.3 is 0 Å². The third-order valence-electron chi connectivity index (χ3n) is 3.33. The number of hydrogen-bond acceptors (Lipinski definition) is 2. The van der Waals surface area contributed by atoms with Gasteiger partial charge in [0.2, 0.25) is 0 Å². The van der Waals surface area contributed by atoms with Gasteiger partial charge in [-0.15, -0.1) is 0 Å². The molecular weight excluding hydrogens is 312 g/mol. The molecule has 0 saturated carbocycles. The van der Waals surface area contributed by atoms with Crippen LogP contribution < -0.4 is 10.2 Å². The van der Waals surface area contributed by atoms with Gasteiger partial charge in [0.1, 0.15) is 0 Å². The lowest BCUT2D eigenvalue weighted by atomic mass is 10.2. The molecule has 1 unspecified atom stereocenters. The van der Waals surface area contributed by atoms with E-state index in [1.54, 1.807) is 0 Å². The maximum Gasteiger partial charge on any atom is 0.0526 e. The zero-order valence-corrected chi connectivity index (χ0v) is 13.5. The molecule has 1 atom stereocenters. The molecule has 2 nitrogen and oxygen atoms in total. The Morgan fingerprint density at radius 3 is 2.83 bits per heavy atom. The molecule has 1 heterocycles. The van der Waals surface area contributed by atoms with Crippen molar-refractivity contribution in [2.75, 3.05) is 18.0 Å². The Kier molecular flexibility index (Phi) is 4.57. The molecule has 0 radical (unpaired) electrons. The molecule has 1 fully saturated rings. The van der Waals surface area contributed by atoms with Crippen LogP contribution in [-0.2, 0) is 0 Å². The maximum absolute atomic E-state index is 6.22. The zero-order chi connectivity index (χ0) is 13.3. The lowest BCUT2D eigenvalue weighted by Gasteiger charge is -2.22. The van der Waals surface area contributed by atoms with Gasteiger partial charge in [0.05, 0.1) is 5.69 Å². The minimum absolute atomic E-state index is 0.542. The van der Waals surface area contributed by atoms with Crippen LogP contribution >= 0.6 is 27.5 Å². The van der Waals surface area contributed by atoms with Crippen molar-refractivity contribution in [3.8, 4) is 0 Å². The van der Waals surface area contributed by atoms with Gasteiger partial charge in [-0.2, -0.15) is 0 Å². The van der Waals surface area contributed by atoms with E-state index in [0.29, 0.717) is 12.1 Å². The number of anilines is 1. The highest BCUT2D eigenvalue weighted by Crippen LogP contribution is 2.33. The molecule has 2 rings (SSSR count). The highest BCUT2D eigenvalue weighted by atomic mass is 79.9. The molecule has 1 aliphatic rings. The molecule has 1 aliphatic heterocycles. The normalized spacial score (nSPS) is 19.9. The van der Waals surface area contributed by atoms with Crippen molar-refractivity contribution in [2.24, 2.45) is 0 Å². The molecule has 0 amide bonds. The van der Waals surface area contributed by atoms with Crippen LogP contribution in [0.2, 0.25) is 5.02 Å². The van der Waals surface area contributed by atoms with Gasteiger partial charge in [-0.05, 0) is 47.0 Å². The highest BCUT2D eigenvalue weighted by Gasteiger charge is 2.24. The Morgan fingerprint density at radius 2 is 2.17 bits per heavy atom. The summed E-state index contributed by atoms with van der Waals surface area (Å²) in [5, 5.41) is 4.44. The number of nitrogens with one attached hydrogen (secondary N) is 1. The zero-order valence-electron chi connectivity index (χ0n) is 11.1. The lowest BCUT2D eigenvalue weighted by Crippen LogP contribution is -2.37. The topological polar surface area (TPSA) is 15.3 Å². The predicted molar refractivity (Wildman–Crippen MR) is 82.8 cm³/mol. The summed E-state index contributed by atoms with van der Waals surface area (Å²) >= 11 is 9.86. The van der Waals surface area contributed by atoms with E-state index in [1.807, 2.05) is 6.92 Å². The summed E-state index contributed by atoms with van der Waals surface area (Å²) in [5.41, 5.74) is 2.32. The SMILES string of the molecule is Cc1cc(Br)c(N2CCC(NC(C)C)C2)cc1Cl. The van der Waals surface area contributed by atoms with Crippen LogP contribution in [0, 0.1) is 6.92 Å². The van der Waals surface area contributed by atoms with Crippen LogP contribution in [0.1, 0.15) is 25.8 Å². The minimum Gasteiger partial charge on any atom is -0.369 e. The van der Waals surface area contributed by atoms with Crippen LogP contribution in [0.15, 0.2) is 16.6 Å². The van der Waals surface area contributed by atoms with E-state index in [9.17, 15) is 0 Å². The maximum atomic E-state index is 6.22. The Labute approximate surface area is 123 Å². The van der Waals surface area contributed by atoms with Crippen LogP contribution in [0.4, 0.5) is 5.69 Å². The van der Waals surface area contributed by atoms with Gasteiger partial charge in [-0.1, -0.05) is 25.4 Å². The summed E-state index contributed by atoms with van der Waals surface area (Å²) in [6.45, 7) is 8.56. The largest absolute Gasteiger partial charge is 0.369 e. The summed E-state index contributed by atoms with van der Waals surface area (Å²) in [4.78, 5) is 2.40. The number of nitrogens with zero attached hydrogens (tertiary/aromatic N) is 1. The van der Waals surface area contributed by atoms with Gasteiger partial charge < -0.3 is 10.2 Å². The van der Waals surface area contributed by atoms with Crippen molar-refractivity contribution in [3.63, 3.8) is 0 Å². The first-order valence-corrected chi connectivity index (χ1v) is 7.61. The summed E-state index contributed by atoms with van der Waals surface area (Å²) in [6, 6.07) is 5.29. The van der Waals surface area contributed by atoms with Crippen LogP contribution in [-0.4, -0.2) is 25.2 Å². The van der Waals surface area contributed by atoms with E-state index >= 15 is 0 Å². The van der Waals surface area contributed by atoms with Crippen molar-refractivity contribution in [1.82, 2.24) is 5.32 Å². The summed E-state index contributed by atoms with van der Waals surface area (Å²) < 4.78 is 1.13. The van der Waals surface area contributed by atoms with Gasteiger partial charge in [0.25, 0.3) is 0 Å². The number of hydrogen-bond donors (Lipinski definition) is 1. The average Bonchev–Trinajstić information content (AvgIpc) is 2.70. The Bertz CT molecular complexity index is 434. The monoisotopic (exact) mass is 330 g/mol. The van der Waals surface area contributed by atoms with Crippen molar-refractivity contribution in [3.05, 3.63) is 27.2 Å². The Morgan fingerprint density at radius 1 is 1.44 bits per heavy atom. The molecule has 1 saturated heterocycles. The Hall–Kier alpha value is -0.250. The van der Waals surface area contributed by atoms with Crippen molar-refractivity contribution in [1.29, 1.82) is 0 Å². The highest BCUT2D eigenvalue weighted by molar-refractivity contribution is 9.10. The number of rotatable bonds is 3. The molecule has 0 spiro atoms. The van der Waals surface area contributed by atoms with Gasteiger partial charge in [-0.3, -0.25) is 0 Å². The summed E-state index contributed by atoms with van der Waals surface area (Å²) in [5.74, 6) is 0. The third-order valence-corrected chi connectivity index (χ3v) is 4.37. The van der Waals surface area contributed by atoms with Crippen molar-refractivity contribution < 1.29 is 0 Å². The Balaban J connectivity index is 2.12. The molecule has 1 N–H and O–H groups in total. The van der Waals surface area contributed by atoms with Crippen molar-refractivity contribution >= 4 is 33.2 Å². The summed E-state index contributed by atoms with van der Waals surface area (Å²) in [7, 11) is 0. The fraction of sp³-hybridized carbons (Fsp3) is 0.571. The number of benzene rings is 1. The quantitative estimate of drug-likeness (QED) is 0.901. The van der Waals surface area contributed by atoms with E-state index in [4.69, 9.17) is 11.6 Å². The van der Waals surface area contributed by atoms with Crippen LogP contribution in [0.3, 0.4) is 0 Å². The van der Waals surface area contributed by atoms with E-state index < -0.39 is 0 Å². The van der Waals surface area contributed by atoms with E-state index in [-0.39, 0.29) is 0 Å². The van der Waals surface area contributed by atoms with Gasteiger partial charge in [-0.25, -0.2) is 0 Å². The third kappa shape index (κ3) is 3.19. The molecule has 100 valence electrons. The number of aryl methyl sites for hydroxylation is 1. The molecule has 0 aromatic heterocycles. The standard InChI is InChI=1S/C14H20BrClN2/c1-9(2)17-11-4-5-18(8-11)14-7-13(16)10(3)6-12(14)15/h6-7,9,11,17H,4-5,8H2,1-3H3. The van der Waals surface area contributed by atoms with Crippen LogP contribution in [0.25, 0.3) is 0 Å². The molecule has 0 aliphatic carbocycles. The fourth-order valence-corrected chi connectivity index (χ4v) is 3.33. The second kappa shape index (κ2) is 5.81. The smallest absolute Gasteiger partial charge is 0.0526 e. The minimum atomic E-state index is 0.542. The molecule has 1 aromatic rings. The first kappa shape index (κ1) is 14.2. The number of halogens is 2. The van der Waals surface area contributed by atoms with Crippen molar-refractivity contribution in [2.45, 2.75) is 39.3 Å². The second-order valence-corrected chi connectivity index (χ2v) is 6.57. The fourth-order valence-electron chi connectivity index (χ4n) is 2.46. The second-order valence-electron chi connectivity index (χ2n) is 5.31.